The Hall–Kier alpha value is -1.36. The van der Waals surface area contributed by atoms with Crippen LogP contribution in [0.2, 0.25) is 5.15 Å². The van der Waals surface area contributed by atoms with Gasteiger partial charge in [0.1, 0.15) is 5.15 Å². The highest BCUT2D eigenvalue weighted by Gasteiger charge is 2.16. The zero-order valence-corrected chi connectivity index (χ0v) is 15.7. The highest BCUT2D eigenvalue weighted by molar-refractivity contribution is 6.30. The van der Waals surface area contributed by atoms with Gasteiger partial charge in [0.05, 0.1) is 11.4 Å². The van der Waals surface area contributed by atoms with Crippen LogP contribution >= 0.6 is 11.6 Å². The molecule has 1 fully saturated rings. The fourth-order valence-corrected chi connectivity index (χ4v) is 3.63. The monoisotopic (exact) mass is 346 g/mol. The molecule has 130 valence electrons. The van der Waals surface area contributed by atoms with Crippen LogP contribution in [0.3, 0.4) is 0 Å². The first-order valence-corrected chi connectivity index (χ1v) is 9.19. The van der Waals surface area contributed by atoms with Gasteiger partial charge >= 0.3 is 0 Å². The quantitative estimate of drug-likeness (QED) is 0.811. The fraction of sp³-hybridized carbons (Fsp3) is 0.526. The molecule has 24 heavy (non-hydrogen) atoms. The molecule has 4 nitrogen and oxygen atoms in total. The summed E-state index contributed by atoms with van der Waals surface area (Å²) < 4.78 is 1.87. The second-order valence-corrected chi connectivity index (χ2v) is 7.14. The Kier molecular flexibility index (Phi) is 5.59. The SMILES string of the molecule is Cc1ccc(C)c(-n2nc(C)c(CNCCN3CCCC3)c2Cl)c1. The molecule has 0 radical (unpaired) electrons. The predicted molar refractivity (Wildman–Crippen MR) is 100 cm³/mol. The Morgan fingerprint density at radius 1 is 1.17 bits per heavy atom. The topological polar surface area (TPSA) is 33.1 Å². The molecule has 2 aromatic rings. The number of rotatable bonds is 6. The lowest BCUT2D eigenvalue weighted by Gasteiger charge is -2.14. The molecule has 5 heteroatoms. The van der Waals surface area contributed by atoms with Crippen molar-refractivity contribution in [1.29, 1.82) is 0 Å². The van der Waals surface area contributed by atoms with Gasteiger partial charge in [-0.1, -0.05) is 23.7 Å². The van der Waals surface area contributed by atoms with Gasteiger partial charge in [-0.3, -0.25) is 0 Å². The molecule has 1 N–H and O–H groups in total. The van der Waals surface area contributed by atoms with Crippen LogP contribution in [0.4, 0.5) is 0 Å². The minimum absolute atomic E-state index is 0.717. The van der Waals surface area contributed by atoms with Crippen LogP contribution in [0.15, 0.2) is 18.2 Å². The first kappa shape index (κ1) is 17.5. The van der Waals surface area contributed by atoms with E-state index in [0.29, 0.717) is 0 Å². The number of benzene rings is 1. The minimum Gasteiger partial charge on any atom is -0.311 e. The van der Waals surface area contributed by atoms with E-state index >= 15 is 0 Å². The molecule has 1 aliphatic heterocycles. The van der Waals surface area contributed by atoms with E-state index in [0.717, 1.165) is 41.7 Å². The predicted octanol–water partition coefficient (Wildman–Crippen LogP) is 3.64. The summed E-state index contributed by atoms with van der Waals surface area (Å²) in [5.41, 5.74) is 5.55. The molecule has 0 atom stereocenters. The Balaban J connectivity index is 1.68. The van der Waals surface area contributed by atoms with Gasteiger partial charge < -0.3 is 10.2 Å². The third-order valence-electron chi connectivity index (χ3n) is 4.82. The average Bonchev–Trinajstić information content (AvgIpc) is 3.16. The number of nitrogens with one attached hydrogen (secondary N) is 1. The molecule has 1 aromatic heterocycles. The number of aryl methyl sites for hydroxylation is 3. The summed E-state index contributed by atoms with van der Waals surface area (Å²) >= 11 is 6.64. The van der Waals surface area contributed by atoms with E-state index < -0.39 is 0 Å². The van der Waals surface area contributed by atoms with Crippen LogP contribution in [0.25, 0.3) is 5.69 Å². The summed E-state index contributed by atoms with van der Waals surface area (Å²) in [5.74, 6) is 0. The zero-order valence-electron chi connectivity index (χ0n) is 14.9. The molecule has 0 unspecified atom stereocenters. The molecular formula is C19H27ClN4. The molecule has 1 aliphatic rings. The number of hydrogen-bond acceptors (Lipinski definition) is 3. The minimum atomic E-state index is 0.717. The van der Waals surface area contributed by atoms with Gasteiger partial charge in [0.25, 0.3) is 0 Å². The molecule has 1 aromatic carbocycles. The second-order valence-electron chi connectivity index (χ2n) is 6.78. The highest BCUT2D eigenvalue weighted by atomic mass is 35.5. The van der Waals surface area contributed by atoms with Crippen LogP contribution in [0, 0.1) is 20.8 Å². The van der Waals surface area contributed by atoms with Gasteiger partial charge in [-0.15, -0.1) is 0 Å². The second kappa shape index (κ2) is 7.68. The van der Waals surface area contributed by atoms with Crippen molar-refractivity contribution in [3.8, 4) is 5.69 Å². The molecule has 0 amide bonds. The largest absolute Gasteiger partial charge is 0.311 e. The normalized spacial score (nSPS) is 15.3. The summed E-state index contributed by atoms with van der Waals surface area (Å²) in [6.07, 6.45) is 2.68. The summed E-state index contributed by atoms with van der Waals surface area (Å²) in [6, 6.07) is 6.37. The molecule has 0 spiro atoms. The summed E-state index contributed by atoms with van der Waals surface area (Å²) in [4.78, 5) is 2.51. The lowest BCUT2D eigenvalue weighted by molar-refractivity contribution is 0.335. The Morgan fingerprint density at radius 2 is 1.92 bits per heavy atom. The Bertz CT molecular complexity index is 702. The van der Waals surface area contributed by atoms with Crippen molar-refractivity contribution in [3.05, 3.63) is 45.7 Å². The third-order valence-corrected chi connectivity index (χ3v) is 5.21. The van der Waals surface area contributed by atoms with Crippen molar-refractivity contribution in [2.75, 3.05) is 26.2 Å². The maximum Gasteiger partial charge on any atom is 0.137 e. The molecule has 0 aliphatic carbocycles. The van der Waals surface area contributed by atoms with Crippen molar-refractivity contribution in [2.45, 2.75) is 40.2 Å². The highest BCUT2D eigenvalue weighted by Crippen LogP contribution is 2.25. The van der Waals surface area contributed by atoms with E-state index in [1.165, 1.54) is 37.1 Å². The Morgan fingerprint density at radius 3 is 2.67 bits per heavy atom. The maximum absolute atomic E-state index is 6.64. The van der Waals surface area contributed by atoms with Crippen LogP contribution in [-0.2, 0) is 6.54 Å². The standard InChI is InChI=1S/C19H27ClN4/c1-14-6-7-15(2)18(12-14)24-19(20)17(16(3)22-24)13-21-8-11-23-9-4-5-10-23/h6-7,12,21H,4-5,8-11,13H2,1-3H3. The van der Waals surface area contributed by atoms with Crippen molar-refractivity contribution >= 4 is 11.6 Å². The number of likely N-dealkylation sites (tertiary alicyclic amines) is 1. The summed E-state index contributed by atoms with van der Waals surface area (Å²) in [7, 11) is 0. The van der Waals surface area contributed by atoms with E-state index in [-0.39, 0.29) is 0 Å². The van der Waals surface area contributed by atoms with Crippen molar-refractivity contribution in [2.24, 2.45) is 0 Å². The van der Waals surface area contributed by atoms with Gasteiger partial charge in [0.2, 0.25) is 0 Å². The summed E-state index contributed by atoms with van der Waals surface area (Å²) in [6.45, 7) is 11.6. The molecular weight excluding hydrogens is 320 g/mol. The number of aromatic nitrogens is 2. The van der Waals surface area contributed by atoms with E-state index in [4.69, 9.17) is 11.6 Å². The lowest BCUT2D eigenvalue weighted by Crippen LogP contribution is -2.29. The molecule has 3 rings (SSSR count). The van der Waals surface area contributed by atoms with Gasteiger partial charge in [-0.2, -0.15) is 5.10 Å². The van der Waals surface area contributed by atoms with Crippen LogP contribution < -0.4 is 5.32 Å². The zero-order chi connectivity index (χ0) is 17.1. The van der Waals surface area contributed by atoms with Gasteiger partial charge in [0.15, 0.2) is 0 Å². The first-order valence-electron chi connectivity index (χ1n) is 8.81. The first-order chi connectivity index (χ1) is 11.6. The number of nitrogens with zero attached hydrogens (tertiary/aromatic N) is 3. The van der Waals surface area contributed by atoms with E-state index in [1.54, 1.807) is 0 Å². The molecule has 2 heterocycles. The summed E-state index contributed by atoms with van der Waals surface area (Å²) in [5, 5.41) is 8.91. The lowest BCUT2D eigenvalue weighted by atomic mass is 10.1. The molecule has 1 saturated heterocycles. The van der Waals surface area contributed by atoms with Gasteiger partial charge in [0, 0.05) is 25.2 Å². The van der Waals surface area contributed by atoms with E-state index in [1.807, 2.05) is 11.6 Å². The van der Waals surface area contributed by atoms with Gasteiger partial charge in [-0.25, -0.2) is 4.68 Å². The van der Waals surface area contributed by atoms with Gasteiger partial charge in [-0.05, 0) is 63.9 Å². The molecule has 0 saturated carbocycles. The maximum atomic E-state index is 6.64. The van der Waals surface area contributed by atoms with Crippen molar-refractivity contribution in [1.82, 2.24) is 20.0 Å². The average molecular weight is 347 g/mol. The smallest absolute Gasteiger partial charge is 0.137 e. The number of halogens is 1. The van der Waals surface area contributed by atoms with Crippen LogP contribution in [0.1, 0.15) is 35.2 Å². The van der Waals surface area contributed by atoms with Crippen molar-refractivity contribution in [3.63, 3.8) is 0 Å². The van der Waals surface area contributed by atoms with Crippen LogP contribution in [0.5, 0.6) is 0 Å². The fourth-order valence-electron chi connectivity index (χ4n) is 3.30. The Labute approximate surface area is 149 Å². The van der Waals surface area contributed by atoms with E-state index in [2.05, 4.69) is 47.4 Å². The number of hydrogen-bond donors (Lipinski definition) is 1. The van der Waals surface area contributed by atoms with E-state index in [9.17, 15) is 0 Å². The molecule has 0 bridgehead atoms. The van der Waals surface area contributed by atoms with Crippen LogP contribution in [-0.4, -0.2) is 40.9 Å². The third kappa shape index (κ3) is 3.82. The van der Waals surface area contributed by atoms with Crippen molar-refractivity contribution < 1.29 is 0 Å².